The Bertz CT molecular complexity index is 1300. The summed E-state index contributed by atoms with van der Waals surface area (Å²) in [6.45, 7) is 6.30. The summed E-state index contributed by atoms with van der Waals surface area (Å²) < 4.78 is 6.11. The first-order valence-electron chi connectivity index (χ1n) is 13.7. The number of aliphatic carboxylic acids is 1. The largest absolute Gasteiger partial charge is 0.481 e. The second kappa shape index (κ2) is 13.1. The molecule has 2 aliphatic rings. The number of ether oxygens (including phenoxy) is 1. The van der Waals surface area contributed by atoms with Crippen molar-refractivity contribution in [2.24, 2.45) is 5.92 Å². The molecule has 9 nitrogen and oxygen atoms in total. The number of likely N-dealkylation sites (N-methyl/N-ethyl adjacent to an activating group) is 1. The number of benzene rings is 1. The van der Waals surface area contributed by atoms with Crippen molar-refractivity contribution in [3.63, 3.8) is 0 Å². The average Bonchev–Trinajstić information content (AvgIpc) is 3.14. The molecule has 1 N–H and O–H groups in total. The lowest BCUT2D eigenvalue weighted by Crippen LogP contribution is -2.33. The van der Waals surface area contributed by atoms with Crippen LogP contribution in [0.2, 0.25) is 10.0 Å². The summed E-state index contributed by atoms with van der Waals surface area (Å²) in [7, 11) is 2.14. The number of anilines is 1. The Kier molecular flexibility index (Phi) is 9.36. The van der Waals surface area contributed by atoms with Gasteiger partial charge >= 0.3 is 5.97 Å². The molecule has 2 saturated heterocycles. The zero-order chi connectivity index (χ0) is 28.1. The minimum absolute atomic E-state index is 0.228. The summed E-state index contributed by atoms with van der Waals surface area (Å²) in [5, 5.41) is 19.0. The summed E-state index contributed by atoms with van der Waals surface area (Å²) >= 11 is 12.6. The topological polar surface area (TPSA) is 94.9 Å². The zero-order valence-electron chi connectivity index (χ0n) is 22.6. The van der Waals surface area contributed by atoms with Gasteiger partial charge in [-0.1, -0.05) is 23.2 Å². The molecule has 0 unspecified atom stereocenters. The Labute approximate surface area is 244 Å². The Hall–Kier alpha value is -2.98. The second-order valence-corrected chi connectivity index (χ2v) is 11.5. The molecule has 0 saturated carbocycles. The highest BCUT2D eigenvalue weighted by Crippen LogP contribution is 2.31. The minimum atomic E-state index is -0.727. The first-order chi connectivity index (χ1) is 19.3. The number of rotatable bonds is 8. The van der Waals surface area contributed by atoms with Crippen molar-refractivity contribution in [1.82, 2.24) is 25.0 Å². The fourth-order valence-electron chi connectivity index (χ4n) is 5.32. The molecule has 0 amide bonds. The van der Waals surface area contributed by atoms with Gasteiger partial charge in [0.1, 0.15) is 0 Å². The maximum absolute atomic E-state index is 11.1. The molecular weight excluding hydrogens is 551 g/mol. The predicted molar refractivity (Wildman–Crippen MR) is 156 cm³/mol. The first-order valence-corrected chi connectivity index (χ1v) is 14.4. The van der Waals surface area contributed by atoms with Crippen molar-refractivity contribution in [3.8, 4) is 23.0 Å². The van der Waals surface area contributed by atoms with Gasteiger partial charge in [-0.15, -0.1) is 10.2 Å². The van der Waals surface area contributed by atoms with Crippen LogP contribution in [-0.4, -0.2) is 82.4 Å². The molecule has 0 atom stereocenters. The third-order valence-electron chi connectivity index (χ3n) is 7.48. The number of carboxylic acid groups (broad SMARTS) is 1. The number of carbonyl (C=O) groups is 1. The lowest BCUT2D eigenvalue weighted by atomic mass is 9.93. The first kappa shape index (κ1) is 28.5. The van der Waals surface area contributed by atoms with Crippen LogP contribution in [0.3, 0.4) is 0 Å². The number of hydrogen-bond acceptors (Lipinski definition) is 8. The van der Waals surface area contributed by atoms with E-state index < -0.39 is 5.97 Å². The normalized spacial score (nSPS) is 17.5. The molecule has 0 aliphatic carbocycles. The van der Waals surface area contributed by atoms with E-state index in [4.69, 9.17) is 38.0 Å². The van der Waals surface area contributed by atoms with Gasteiger partial charge in [-0.05, 0) is 87.8 Å². The summed E-state index contributed by atoms with van der Waals surface area (Å²) in [5.41, 5.74) is 2.50. The summed E-state index contributed by atoms with van der Waals surface area (Å²) in [4.78, 5) is 22.8. The predicted octanol–water partition coefficient (Wildman–Crippen LogP) is 5.47. The van der Waals surface area contributed by atoms with Crippen LogP contribution < -0.4 is 9.64 Å². The van der Waals surface area contributed by atoms with E-state index in [9.17, 15) is 4.79 Å². The third kappa shape index (κ3) is 7.81. The molecule has 11 heteroatoms. The zero-order valence-corrected chi connectivity index (χ0v) is 24.1. The number of likely N-dealkylation sites (tertiary alicyclic amines) is 1. The van der Waals surface area contributed by atoms with Crippen molar-refractivity contribution in [3.05, 3.63) is 58.1 Å². The van der Waals surface area contributed by atoms with Gasteiger partial charge in [0, 0.05) is 60.3 Å². The monoisotopic (exact) mass is 584 g/mol. The van der Waals surface area contributed by atoms with E-state index in [1.165, 1.54) is 0 Å². The van der Waals surface area contributed by atoms with Gasteiger partial charge < -0.3 is 19.6 Å². The van der Waals surface area contributed by atoms with Gasteiger partial charge in [0.15, 0.2) is 5.82 Å². The maximum Gasteiger partial charge on any atom is 0.303 e. The Balaban J connectivity index is 1.34. The molecule has 0 bridgehead atoms. The van der Waals surface area contributed by atoms with Crippen molar-refractivity contribution >= 4 is 35.0 Å². The highest BCUT2D eigenvalue weighted by Gasteiger charge is 2.22. The van der Waals surface area contributed by atoms with Crippen LogP contribution in [0.4, 0.5) is 5.82 Å². The lowest BCUT2D eigenvalue weighted by molar-refractivity contribution is -0.138. The van der Waals surface area contributed by atoms with Gasteiger partial charge in [-0.3, -0.25) is 9.69 Å². The fraction of sp³-hybridized carbons (Fsp3) is 0.448. The number of halogens is 2. The highest BCUT2D eigenvalue weighted by molar-refractivity contribution is 6.35. The molecule has 1 aromatic carbocycles. The van der Waals surface area contributed by atoms with Crippen molar-refractivity contribution < 1.29 is 14.6 Å². The molecule has 0 radical (unpaired) electrons. The Morgan fingerprint density at radius 3 is 2.42 bits per heavy atom. The molecular formula is C29H34Cl2N6O3. The molecule has 5 rings (SSSR count). The van der Waals surface area contributed by atoms with Gasteiger partial charge in [-0.2, -0.15) is 0 Å². The van der Waals surface area contributed by atoms with Crippen LogP contribution in [0.1, 0.15) is 31.2 Å². The van der Waals surface area contributed by atoms with Gasteiger partial charge in [0.05, 0.1) is 5.69 Å². The number of piperidine rings is 1. The molecule has 3 aromatic rings. The minimum Gasteiger partial charge on any atom is -0.481 e. The van der Waals surface area contributed by atoms with Gasteiger partial charge in [0.2, 0.25) is 11.8 Å². The summed E-state index contributed by atoms with van der Waals surface area (Å²) in [5.74, 6) is 1.11. The molecule has 2 aromatic heterocycles. The number of pyridine rings is 1. The van der Waals surface area contributed by atoms with E-state index in [0.29, 0.717) is 34.0 Å². The lowest BCUT2D eigenvalue weighted by Gasteiger charge is -2.31. The standard InChI is InChI=1S/C29H34Cl2N6O3/c1-35-7-2-8-37(12-11-35)26-3-4-27(34-33-26)40-28-14-21(19-36-9-5-20(6-10-36)15-29(38)39)13-25(32-28)22-16-23(30)18-24(31)17-22/h3-4,13-14,16-18,20H,2,5-12,15,19H2,1H3,(H,38,39). The quantitative estimate of drug-likeness (QED) is 0.370. The summed E-state index contributed by atoms with van der Waals surface area (Å²) in [6, 6.07) is 13.0. The van der Waals surface area contributed by atoms with Crippen LogP contribution in [0.15, 0.2) is 42.5 Å². The van der Waals surface area contributed by atoms with E-state index >= 15 is 0 Å². The molecule has 2 aliphatic heterocycles. The molecule has 0 spiro atoms. The van der Waals surface area contributed by atoms with Crippen molar-refractivity contribution in [1.29, 1.82) is 0 Å². The van der Waals surface area contributed by atoms with Crippen molar-refractivity contribution in [2.45, 2.75) is 32.2 Å². The van der Waals surface area contributed by atoms with Crippen LogP contribution in [-0.2, 0) is 11.3 Å². The van der Waals surface area contributed by atoms with E-state index in [2.05, 4.69) is 31.9 Å². The summed E-state index contributed by atoms with van der Waals surface area (Å²) in [6.07, 6.45) is 3.05. The molecule has 40 heavy (non-hydrogen) atoms. The number of nitrogens with zero attached hydrogens (tertiary/aromatic N) is 6. The van der Waals surface area contributed by atoms with E-state index in [1.54, 1.807) is 6.07 Å². The van der Waals surface area contributed by atoms with E-state index in [0.717, 1.165) is 75.5 Å². The Morgan fingerprint density at radius 2 is 1.73 bits per heavy atom. The molecule has 4 heterocycles. The fourth-order valence-corrected chi connectivity index (χ4v) is 5.85. The number of hydrogen-bond donors (Lipinski definition) is 1. The van der Waals surface area contributed by atoms with E-state index in [1.807, 2.05) is 36.4 Å². The smallest absolute Gasteiger partial charge is 0.303 e. The van der Waals surface area contributed by atoms with E-state index in [-0.39, 0.29) is 12.3 Å². The average molecular weight is 586 g/mol. The van der Waals surface area contributed by atoms with Crippen LogP contribution in [0.5, 0.6) is 11.8 Å². The number of aromatic nitrogens is 3. The van der Waals surface area contributed by atoms with Crippen molar-refractivity contribution in [2.75, 3.05) is 51.2 Å². The molecule has 212 valence electrons. The van der Waals surface area contributed by atoms with Crippen LogP contribution >= 0.6 is 23.2 Å². The third-order valence-corrected chi connectivity index (χ3v) is 7.91. The highest BCUT2D eigenvalue weighted by atomic mass is 35.5. The molecule has 2 fully saturated rings. The second-order valence-electron chi connectivity index (χ2n) is 10.7. The van der Waals surface area contributed by atoms with Crippen LogP contribution in [0.25, 0.3) is 11.3 Å². The maximum atomic E-state index is 11.1. The SMILES string of the molecule is CN1CCCN(c2ccc(Oc3cc(CN4CCC(CC(=O)O)CC4)cc(-c4cc(Cl)cc(Cl)c4)n3)nn2)CC1. The van der Waals surface area contributed by atoms with Crippen LogP contribution in [0, 0.1) is 5.92 Å². The van der Waals surface area contributed by atoms with Gasteiger partial charge in [-0.25, -0.2) is 4.98 Å². The Morgan fingerprint density at radius 1 is 0.950 bits per heavy atom. The number of carboxylic acids is 1. The van der Waals surface area contributed by atoms with Gasteiger partial charge in [0.25, 0.3) is 0 Å².